The van der Waals surface area contributed by atoms with Gasteiger partial charge in [-0.25, -0.2) is 4.39 Å². The van der Waals surface area contributed by atoms with Crippen molar-refractivity contribution in [2.75, 3.05) is 13.7 Å². The van der Waals surface area contributed by atoms with Crippen LogP contribution < -0.4 is 5.32 Å². The highest BCUT2D eigenvalue weighted by atomic mass is 19.1. The van der Waals surface area contributed by atoms with E-state index in [0.717, 1.165) is 31.4 Å². The molecule has 21 heavy (non-hydrogen) atoms. The maximum absolute atomic E-state index is 14.0. The lowest BCUT2D eigenvalue weighted by molar-refractivity contribution is -0.385. The maximum Gasteiger partial charge on any atom is 0.270 e. The number of carbonyl (C=O) groups excluding carboxylic acids is 1. The molecule has 0 saturated heterocycles. The number of methoxy groups -OCH3 is 1. The molecular weight excluding hydrogens is 279 g/mol. The van der Waals surface area contributed by atoms with Crippen molar-refractivity contribution in [3.8, 4) is 0 Å². The molecule has 1 N–H and O–H groups in total. The van der Waals surface area contributed by atoms with Crippen LogP contribution in [0.1, 0.15) is 35.2 Å². The van der Waals surface area contributed by atoms with E-state index in [9.17, 15) is 19.3 Å². The number of hydrogen-bond acceptors (Lipinski definition) is 4. The lowest BCUT2D eigenvalue weighted by atomic mass is 9.80. The van der Waals surface area contributed by atoms with Crippen molar-refractivity contribution < 1.29 is 18.8 Å². The molecule has 1 saturated carbocycles. The fourth-order valence-corrected chi connectivity index (χ4v) is 2.38. The second kappa shape index (κ2) is 5.77. The Balaban J connectivity index is 2.17. The third kappa shape index (κ3) is 3.02. The van der Waals surface area contributed by atoms with Crippen LogP contribution in [0.15, 0.2) is 12.1 Å². The van der Waals surface area contributed by atoms with E-state index in [0.29, 0.717) is 0 Å². The van der Waals surface area contributed by atoms with Gasteiger partial charge in [0.25, 0.3) is 11.6 Å². The summed E-state index contributed by atoms with van der Waals surface area (Å²) < 4.78 is 19.3. The van der Waals surface area contributed by atoms with Gasteiger partial charge in [-0.15, -0.1) is 0 Å². The van der Waals surface area contributed by atoms with Gasteiger partial charge in [-0.1, -0.05) is 0 Å². The zero-order valence-corrected chi connectivity index (χ0v) is 11.9. The smallest absolute Gasteiger partial charge is 0.270 e. The molecule has 1 aliphatic carbocycles. The SMILES string of the molecule is COC1(CNC(=O)c2cc([N+](=O)[O-])cc(C)c2F)CCC1. The first kappa shape index (κ1) is 15.4. The average Bonchev–Trinajstić information content (AvgIpc) is 2.40. The van der Waals surface area contributed by atoms with Gasteiger partial charge >= 0.3 is 0 Å². The van der Waals surface area contributed by atoms with Crippen LogP contribution in [-0.4, -0.2) is 30.1 Å². The van der Waals surface area contributed by atoms with Crippen molar-refractivity contribution in [1.82, 2.24) is 5.32 Å². The molecule has 0 spiro atoms. The van der Waals surface area contributed by atoms with Gasteiger partial charge in [0.2, 0.25) is 0 Å². The summed E-state index contributed by atoms with van der Waals surface area (Å²) in [5.74, 6) is -1.40. The minimum Gasteiger partial charge on any atom is -0.376 e. The van der Waals surface area contributed by atoms with Gasteiger partial charge in [0, 0.05) is 25.8 Å². The Morgan fingerprint density at radius 3 is 2.67 bits per heavy atom. The zero-order valence-electron chi connectivity index (χ0n) is 11.9. The van der Waals surface area contributed by atoms with Crippen LogP contribution in [0.4, 0.5) is 10.1 Å². The Bertz CT molecular complexity index is 579. The highest BCUT2D eigenvalue weighted by molar-refractivity contribution is 5.95. The fourth-order valence-electron chi connectivity index (χ4n) is 2.38. The van der Waals surface area contributed by atoms with Gasteiger partial charge in [0.05, 0.1) is 16.1 Å². The summed E-state index contributed by atoms with van der Waals surface area (Å²) in [6.07, 6.45) is 2.69. The third-order valence-electron chi connectivity index (χ3n) is 3.96. The predicted molar refractivity (Wildman–Crippen MR) is 73.7 cm³/mol. The summed E-state index contributed by atoms with van der Waals surface area (Å²) in [7, 11) is 1.57. The van der Waals surface area contributed by atoms with E-state index in [1.54, 1.807) is 7.11 Å². The van der Waals surface area contributed by atoms with Crippen molar-refractivity contribution in [1.29, 1.82) is 0 Å². The molecule has 0 aliphatic heterocycles. The molecule has 1 fully saturated rings. The molecule has 1 amide bonds. The minimum absolute atomic E-state index is 0.0689. The van der Waals surface area contributed by atoms with Gasteiger partial charge < -0.3 is 10.1 Å². The second-order valence-corrected chi connectivity index (χ2v) is 5.30. The summed E-state index contributed by atoms with van der Waals surface area (Å²) in [6, 6.07) is 2.06. The molecule has 7 heteroatoms. The van der Waals surface area contributed by atoms with E-state index < -0.39 is 16.6 Å². The van der Waals surface area contributed by atoms with Crippen LogP contribution in [0.5, 0.6) is 0 Å². The number of nitro groups is 1. The first-order chi connectivity index (χ1) is 9.88. The summed E-state index contributed by atoms with van der Waals surface area (Å²) >= 11 is 0. The Kier molecular flexibility index (Phi) is 4.22. The standard InChI is InChI=1S/C14H17FN2O4/c1-9-6-10(17(19)20)7-11(12(9)15)13(18)16-8-14(21-2)4-3-5-14/h6-7H,3-5,8H2,1-2H3,(H,16,18). The van der Waals surface area contributed by atoms with E-state index in [4.69, 9.17) is 4.74 Å². The number of carbonyl (C=O) groups is 1. The largest absolute Gasteiger partial charge is 0.376 e. The van der Waals surface area contributed by atoms with E-state index in [1.165, 1.54) is 6.92 Å². The Morgan fingerprint density at radius 2 is 2.19 bits per heavy atom. The second-order valence-electron chi connectivity index (χ2n) is 5.30. The summed E-state index contributed by atoms with van der Waals surface area (Å²) in [5, 5.41) is 13.4. The fraction of sp³-hybridized carbons (Fsp3) is 0.500. The van der Waals surface area contributed by atoms with Crippen LogP contribution in [0, 0.1) is 22.9 Å². The number of halogens is 1. The van der Waals surface area contributed by atoms with Crippen LogP contribution in [0.3, 0.4) is 0 Å². The Labute approximate surface area is 121 Å². The van der Waals surface area contributed by atoms with Gasteiger partial charge in [0.15, 0.2) is 0 Å². The average molecular weight is 296 g/mol. The predicted octanol–water partition coefficient (Wildman–Crippen LogP) is 2.34. The highest BCUT2D eigenvalue weighted by Crippen LogP contribution is 2.34. The molecule has 1 aliphatic rings. The number of nitrogens with zero attached hydrogens (tertiary/aromatic N) is 1. The number of benzene rings is 1. The molecule has 6 nitrogen and oxygen atoms in total. The molecule has 0 atom stereocenters. The molecule has 0 radical (unpaired) electrons. The van der Waals surface area contributed by atoms with Gasteiger partial charge in [-0.2, -0.15) is 0 Å². The molecule has 114 valence electrons. The topological polar surface area (TPSA) is 81.5 Å². The van der Waals surface area contributed by atoms with E-state index in [-0.39, 0.29) is 29.0 Å². The van der Waals surface area contributed by atoms with E-state index in [1.807, 2.05) is 0 Å². The Morgan fingerprint density at radius 1 is 1.52 bits per heavy atom. The van der Waals surface area contributed by atoms with Crippen LogP contribution >= 0.6 is 0 Å². The third-order valence-corrected chi connectivity index (χ3v) is 3.96. The molecule has 1 aromatic carbocycles. The number of rotatable bonds is 5. The quantitative estimate of drug-likeness (QED) is 0.668. The number of non-ortho nitro benzene ring substituents is 1. The minimum atomic E-state index is -0.738. The molecule has 0 aromatic heterocycles. The van der Waals surface area contributed by atoms with Crippen LogP contribution in [-0.2, 0) is 4.74 Å². The number of nitrogens with one attached hydrogen (secondary N) is 1. The number of ether oxygens (including phenoxy) is 1. The molecular formula is C14H17FN2O4. The first-order valence-corrected chi connectivity index (χ1v) is 6.66. The van der Waals surface area contributed by atoms with E-state index >= 15 is 0 Å². The summed E-state index contributed by atoms with van der Waals surface area (Å²) in [5.41, 5.74) is -0.932. The lowest BCUT2D eigenvalue weighted by Crippen LogP contribution is -2.49. The van der Waals surface area contributed by atoms with Gasteiger partial charge in [0.1, 0.15) is 5.82 Å². The van der Waals surface area contributed by atoms with Gasteiger partial charge in [-0.3, -0.25) is 14.9 Å². The van der Waals surface area contributed by atoms with Crippen molar-refractivity contribution in [3.63, 3.8) is 0 Å². The van der Waals surface area contributed by atoms with Crippen LogP contribution in [0.2, 0.25) is 0 Å². The highest BCUT2D eigenvalue weighted by Gasteiger charge is 2.37. The lowest BCUT2D eigenvalue weighted by Gasteiger charge is -2.40. The number of aryl methyl sites for hydroxylation is 1. The summed E-state index contributed by atoms with van der Waals surface area (Å²) in [6.45, 7) is 1.66. The molecule has 0 heterocycles. The van der Waals surface area contributed by atoms with Crippen LogP contribution in [0.25, 0.3) is 0 Å². The number of hydrogen-bond donors (Lipinski definition) is 1. The zero-order chi connectivity index (χ0) is 15.6. The molecule has 0 bridgehead atoms. The summed E-state index contributed by atoms with van der Waals surface area (Å²) in [4.78, 5) is 22.2. The molecule has 0 unspecified atom stereocenters. The molecule has 2 rings (SSSR count). The normalized spacial score (nSPS) is 16.1. The van der Waals surface area contributed by atoms with Crippen molar-refractivity contribution >= 4 is 11.6 Å². The van der Waals surface area contributed by atoms with Crippen molar-refractivity contribution in [2.24, 2.45) is 0 Å². The first-order valence-electron chi connectivity index (χ1n) is 6.66. The van der Waals surface area contributed by atoms with Gasteiger partial charge in [-0.05, 0) is 31.7 Å². The number of amides is 1. The monoisotopic (exact) mass is 296 g/mol. The van der Waals surface area contributed by atoms with E-state index in [2.05, 4.69) is 5.32 Å². The van der Waals surface area contributed by atoms with Crippen molar-refractivity contribution in [3.05, 3.63) is 39.2 Å². The molecule has 1 aromatic rings. The Hall–Kier alpha value is -2.02. The van der Waals surface area contributed by atoms with Crippen molar-refractivity contribution in [2.45, 2.75) is 31.8 Å². The maximum atomic E-state index is 14.0. The number of nitro benzene ring substituents is 1.